The van der Waals surface area contributed by atoms with Crippen molar-refractivity contribution < 1.29 is 18.5 Å². The molecule has 4 nitrogen and oxygen atoms in total. The van der Waals surface area contributed by atoms with Crippen molar-refractivity contribution in [2.45, 2.75) is 59.2 Å². The average Bonchev–Trinajstić information content (AvgIpc) is 2.84. The number of fused-ring (bicyclic) bond motifs is 1. The number of carbonyl (C=O) groups is 1. The molecule has 1 aliphatic heterocycles. The van der Waals surface area contributed by atoms with Crippen LogP contribution >= 0.6 is 0 Å². The fraction of sp³-hybridized carbons (Fsp3) is 0.500. The fourth-order valence-electron chi connectivity index (χ4n) is 3.34. The van der Waals surface area contributed by atoms with Crippen LogP contribution in [0.3, 0.4) is 0 Å². The smallest absolute Gasteiger partial charge is 0.399 e. The highest BCUT2D eigenvalue weighted by atomic mass is 19.1. The van der Waals surface area contributed by atoms with Crippen LogP contribution in [0.4, 0.5) is 4.39 Å². The molecule has 1 aromatic rings. The topological polar surface area (TPSA) is 61.6 Å². The molecule has 0 bridgehead atoms. The first-order valence-electron chi connectivity index (χ1n) is 8.13. The quantitative estimate of drug-likeness (QED) is 0.848. The Bertz CT molecular complexity index is 767. The molecule has 0 radical (unpaired) electrons. The van der Waals surface area contributed by atoms with Gasteiger partial charge >= 0.3 is 7.12 Å². The Labute approximate surface area is 142 Å². The maximum Gasteiger partial charge on any atom is 0.498 e. The molecule has 1 heterocycles. The number of carbonyl (C=O) groups excluding carboxylic acids is 1. The number of nitrogens with two attached hydrogens (primary N) is 1. The summed E-state index contributed by atoms with van der Waals surface area (Å²) in [4.78, 5) is 11.7. The predicted octanol–water partition coefficient (Wildman–Crippen LogP) is 2.57. The molecule has 128 valence electrons. The Balaban J connectivity index is 2.21. The van der Waals surface area contributed by atoms with Crippen molar-refractivity contribution in [3.63, 3.8) is 0 Å². The van der Waals surface area contributed by atoms with E-state index in [2.05, 4.69) is 0 Å². The van der Waals surface area contributed by atoms with Crippen molar-refractivity contribution in [3.05, 3.63) is 34.1 Å². The van der Waals surface area contributed by atoms with E-state index in [1.165, 1.54) is 6.07 Å². The number of primary amides is 1. The Kier molecular flexibility index (Phi) is 3.70. The van der Waals surface area contributed by atoms with Crippen molar-refractivity contribution >= 4 is 24.1 Å². The standard InChI is InChI=1S/C18H23BFNO3/c1-9-7-11-12(16(21)22)8-13(20)15(14(11)10(9)2)19-23-17(3,4)18(5,6)24-19/h8H,7H2,1-6H3,(H2,21,22). The largest absolute Gasteiger partial charge is 0.498 e. The van der Waals surface area contributed by atoms with E-state index in [9.17, 15) is 9.18 Å². The molecule has 0 aromatic heterocycles. The summed E-state index contributed by atoms with van der Waals surface area (Å²) in [6.45, 7) is 11.6. The van der Waals surface area contributed by atoms with Gasteiger partial charge in [0.2, 0.25) is 5.91 Å². The minimum Gasteiger partial charge on any atom is -0.399 e. The SMILES string of the molecule is CC1=C(C)c2c(c(C(N)=O)cc(F)c2B2OC(C)(C)C(C)(C)O2)C1. The molecule has 0 atom stereocenters. The summed E-state index contributed by atoms with van der Waals surface area (Å²) < 4.78 is 27.0. The lowest BCUT2D eigenvalue weighted by molar-refractivity contribution is 0.00578. The van der Waals surface area contributed by atoms with Crippen LogP contribution in [0.25, 0.3) is 5.57 Å². The lowest BCUT2D eigenvalue weighted by Gasteiger charge is -2.32. The van der Waals surface area contributed by atoms with Gasteiger partial charge in [0, 0.05) is 11.0 Å². The Morgan fingerprint density at radius 1 is 1.21 bits per heavy atom. The van der Waals surface area contributed by atoms with E-state index in [-0.39, 0.29) is 5.56 Å². The second-order valence-corrected chi connectivity index (χ2v) is 7.71. The third-order valence-corrected chi connectivity index (χ3v) is 5.64. The summed E-state index contributed by atoms with van der Waals surface area (Å²) in [5.41, 5.74) is 8.44. The molecule has 1 amide bonds. The van der Waals surface area contributed by atoms with E-state index >= 15 is 0 Å². The van der Waals surface area contributed by atoms with Gasteiger partial charge in [-0.1, -0.05) is 5.57 Å². The molecule has 0 saturated carbocycles. The molecular formula is C18H23BFNO3. The van der Waals surface area contributed by atoms with E-state index in [0.29, 0.717) is 17.4 Å². The van der Waals surface area contributed by atoms with Crippen LogP contribution in [0, 0.1) is 5.82 Å². The van der Waals surface area contributed by atoms with E-state index < -0.39 is 30.0 Å². The summed E-state index contributed by atoms with van der Waals surface area (Å²) in [6, 6.07) is 1.22. The monoisotopic (exact) mass is 331 g/mol. The number of benzene rings is 1. The van der Waals surface area contributed by atoms with Gasteiger partial charge in [-0.25, -0.2) is 4.39 Å². The summed E-state index contributed by atoms with van der Waals surface area (Å²) in [5, 5.41) is 0. The van der Waals surface area contributed by atoms with Crippen LogP contribution < -0.4 is 11.2 Å². The van der Waals surface area contributed by atoms with Gasteiger partial charge in [0.05, 0.1) is 11.2 Å². The minimum atomic E-state index is -0.813. The van der Waals surface area contributed by atoms with Crippen LogP contribution in [0.5, 0.6) is 0 Å². The first-order chi connectivity index (χ1) is 11.0. The van der Waals surface area contributed by atoms with Gasteiger partial charge in [-0.15, -0.1) is 0 Å². The van der Waals surface area contributed by atoms with Crippen LogP contribution in [-0.2, 0) is 15.7 Å². The highest BCUT2D eigenvalue weighted by Crippen LogP contribution is 2.40. The molecule has 3 rings (SSSR count). The Morgan fingerprint density at radius 3 is 2.25 bits per heavy atom. The second-order valence-electron chi connectivity index (χ2n) is 7.71. The molecule has 1 saturated heterocycles. The highest BCUT2D eigenvalue weighted by Gasteiger charge is 2.53. The van der Waals surface area contributed by atoms with Gasteiger partial charge in [0.15, 0.2) is 0 Å². The summed E-state index contributed by atoms with van der Waals surface area (Å²) >= 11 is 0. The van der Waals surface area contributed by atoms with Crippen LogP contribution in [0.1, 0.15) is 63.0 Å². The van der Waals surface area contributed by atoms with Crippen molar-refractivity contribution in [1.29, 1.82) is 0 Å². The maximum atomic E-state index is 14.9. The van der Waals surface area contributed by atoms with Crippen molar-refractivity contribution in [2.75, 3.05) is 0 Å². The first kappa shape index (κ1) is 17.2. The van der Waals surface area contributed by atoms with Crippen LogP contribution in [0.15, 0.2) is 11.6 Å². The number of halogens is 1. The first-order valence-corrected chi connectivity index (χ1v) is 8.13. The van der Waals surface area contributed by atoms with Crippen LogP contribution in [-0.4, -0.2) is 24.2 Å². The van der Waals surface area contributed by atoms with Gasteiger partial charge in [-0.2, -0.15) is 0 Å². The van der Waals surface area contributed by atoms with Gasteiger partial charge in [0.25, 0.3) is 0 Å². The van der Waals surface area contributed by atoms with Crippen molar-refractivity contribution in [2.24, 2.45) is 5.73 Å². The zero-order valence-corrected chi connectivity index (χ0v) is 15.0. The molecule has 1 fully saturated rings. The van der Waals surface area contributed by atoms with Crippen LogP contribution in [0.2, 0.25) is 0 Å². The maximum absolute atomic E-state index is 14.9. The molecule has 1 aliphatic carbocycles. The van der Waals surface area contributed by atoms with Gasteiger partial charge in [-0.3, -0.25) is 4.79 Å². The predicted molar refractivity (Wildman–Crippen MR) is 92.6 cm³/mol. The van der Waals surface area contributed by atoms with Crippen molar-refractivity contribution in [3.8, 4) is 0 Å². The molecule has 24 heavy (non-hydrogen) atoms. The highest BCUT2D eigenvalue weighted by molar-refractivity contribution is 6.63. The Hall–Kier alpha value is -1.66. The normalized spacial score (nSPS) is 21.4. The van der Waals surface area contributed by atoms with Crippen molar-refractivity contribution in [1.82, 2.24) is 0 Å². The van der Waals surface area contributed by atoms with E-state index in [1.807, 2.05) is 41.5 Å². The van der Waals surface area contributed by atoms with Gasteiger partial charge in [-0.05, 0) is 70.7 Å². The third kappa shape index (κ3) is 2.32. The molecule has 0 spiro atoms. The third-order valence-electron chi connectivity index (χ3n) is 5.64. The lowest BCUT2D eigenvalue weighted by Crippen LogP contribution is -2.41. The average molecular weight is 331 g/mol. The number of allylic oxidation sites excluding steroid dienone is 2. The zero-order valence-electron chi connectivity index (χ0n) is 15.0. The molecule has 0 unspecified atom stereocenters. The molecule has 2 aliphatic rings. The number of hydrogen-bond donors (Lipinski definition) is 1. The zero-order chi connectivity index (χ0) is 18.0. The lowest BCUT2D eigenvalue weighted by atomic mass is 9.72. The van der Waals surface area contributed by atoms with Gasteiger partial charge < -0.3 is 15.0 Å². The molecule has 1 aromatic carbocycles. The molecular weight excluding hydrogens is 308 g/mol. The summed E-state index contributed by atoms with van der Waals surface area (Å²) in [5.74, 6) is -1.14. The molecule has 6 heteroatoms. The van der Waals surface area contributed by atoms with E-state index in [4.69, 9.17) is 15.0 Å². The summed E-state index contributed by atoms with van der Waals surface area (Å²) in [7, 11) is -0.813. The van der Waals surface area contributed by atoms with E-state index in [1.54, 1.807) is 0 Å². The number of hydrogen-bond acceptors (Lipinski definition) is 3. The second kappa shape index (κ2) is 5.17. The van der Waals surface area contributed by atoms with Gasteiger partial charge in [0.1, 0.15) is 5.82 Å². The number of rotatable bonds is 2. The Morgan fingerprint density at radius 2 is 1.75 bits per heavy atom. The van der Waals surface area contributed by atoms with E-state index in [0.717, 1.165) is 16.7 Å². The minimum absolute atomic E-state index is 0.235. The number of amides is 1. The summed E-state index contributed by atoms with van der Waals surface area (Å²) in [6.07, 6.45) is 0.590. The molecule has 2 N–H and O–H groups in total. The fourth-order valence-corrected chi connectivity index (χ4v) is 3.34.